The van der Waals surface area contributed by atoms with E-state index < -0.39 is 5.97 Å². The van der Waals surface area contributed by atoms with Crippen LogP contribution in [-0.2, 0) is 9.59 Å². The largest absolute Gasteiger partial charge is 0.478 e. The standard InChI is InChI=1S/C26H34N4O4/c1-14-17(23(33)34)13-27-24(28-14)30-22(32)12-15-4-6-18-16-5-7-20-26(3,11-9-21(31)29-20)19(16)8-10-25(15,18)2/h9,11,13,15-16,18-20H,4-8,10,12H2,1-3H3,(H,29,31)(H,33,34)(H,27,28,30,32)/t15-,16+,18+,19+,20?,25-,26-/m1/s1. The molecule has 3 fully saturated rings. The van der Waals surface area contributed by atoms with Crippen LogP contribution in [0, 0.1) is 41.4 Å². The van der Waals surface area contributed by atoms with E-state index in [1.165, 1.54) is 6.20 Å². The average molecular weight is 467 g/mol. The molecule has 2 amide bonds. The molecule has 0 spiro atoms. The molecule has 182 valence electrons. The minimum atomic E-state index is -1.08. The van der Waals surface area contributed by atoms with Crippen molar-refractivity contribution in [3.63, 3.8) is 0 Å². The van der Waals surface area contributed by atoms with Crippen molar-refractivity contribution in [2.24, 2.45) is 34.5 Å². The first-order valence-electron chi connectivity index (χ1n) is 12.5. The third kappa shape index (κ3) is 3.62. The van der Waals surface area contributed by atoms with Crippen LogP contribution in [0.2, 0.25) is 0 Å². The van der Waals surface area contributed by atoms with Crippen LogP contribution in [0.4, 0.5) is 5.95 Å². The Morgan fingerprint density at radius 3 is 2.71 bits per heavy atom. The van der Waals surface area contributed by atoms with Crippen LogP contribution in [0.25, 0.3) is 0 Å². The minimum absolute atomic E-state index is 0.0188. The topological polar surface area (TPSA) is 121 Å². The molecular weight excluding hydrogens is 432 g/mol. The second-order valence-corrected chi connectivity index (χ2v) is 11.3. The molecule has 34 heavy (non-hydrogen) atoms. The molecule has 8 nitrogen and oxygen atoms in total. The zero-order valence-electron chi connectivity index (χ0n) is 20.1. The molecule has 1 unspecified atom stereocenters. The third-order valence-electron chi connectivity index (χ3n) is 9.78. The van der Waals surface area contributed by atoms with Gasteiger partial charge in [-0.1, -0.05) is 19.9 Å². The highest BCUT2D eigenvalue weighted by Crippen LogP contribution is 2.65. The van der Waals surface area contributed by atoms with Crippen LogP contribution in [-0.4, -0.2) is 38.9 Å². The Hall–Kier alpha value is -2.77. The van der Waals surface area contributed by atoms with E-state index in [4.69, 9.17) is 5.11 Å². The van der Waals surface area contributed by atoms with Crippen LogP contribution in [0.5, 0.6) is 0 Å². The number of nitrogens with one attached hydrogen (secondary N) is 2. The van der Waals surface area contributed by atoms with Crippen LogP contribution in [0.3, 0.4) is 0 Å². The van der Waals surface area contributed by atoms with Gasteiger partial charge in [-0.05, 0) is 80.6 Å². The number of fused-ring (bicyclic) bond motifs is 5. The number of carbonyl (C=O) groups is 3. The maximum absolute atomic E-state index is 12.9. The summed E-state index contributed by atoms with van der Waals surface area (Å²) in [6, 6.07) is 0.231. The van der Waals surface area contributed by atoms with E-state index >= 15 is 0 Å². The van der Waals surface area contributed by atoms with Crippen molar-refractivity contribution in [1.82, 2.24) is 15.3 Å². The summed E-state index contributed by atoms with van der Waals surface area (Å²) in [4.78, 5) is 44.2. The molecule has 0 aromatic carbocycles. The summed E-state index contributed by atoms with van der Waals surface area (Å²) in [5, 5.41) is 15.1. The summed E-state index contributed by atoms with van der Waals surface area (Å²) in [5.41, 5.74) is 0.524. The molecule has 8 heteroatoms. The summed E-state index contributed by atoms with van der Waals surface area (Å²) in [5.74, 6) is 1.11. The second kappa shape index (κ2) is 8.17. The molecule has 1 aromatic rings. The number of amides is 2. The molecule has 2 heterocycles. The van der Waals surface area contributed by atoms with Gasteiger partial charge in [0.2, 0.25) is 17.8 Å². The molecule has 3 saturated carbocycles. The Balaban J connectivity index is 1.28. The predicted octanol–water partition coefficient (Wildman–Crippen LogP) is 3.73. The number of carboxylic acids is 1. The molecule has 3 N–H and O–H groups in total. The fourth-order valence-corrected chi connectivity index (χ4v) is 7.91. The predicted molar refractivity (Wildman–Crippen MR) is 126 cm³/mol. The van der Waals surface area contributed by atoms with Gasteiger partial charge in [0, 0.05) is 24.1 Å². The van der Waals surface area contributed by atoms with Gasteiger partial charge in [0.15, 0.2) is 0 Å². The van der Waals surface area contributed by atoms with Gasteiger partial charge in [-0.15, -0.1) is 0 Å². The van der Waals surface area contributed by atoms with E-state index in [2.05, 4.69) is 40.5 Å². The van der Waals surface area contributed by atoms with Gasteiger partial charge in [0.25, 0.3) is 0 Å². The van der Waals surface area contributed by atoms with Crippen molar-refractivity contribution in [2.75, 3.05) is 5.32 Å². The number of anilines is 1. The van der Waals surface area contributed by atoms with Gasteiger partial charge in [-0.2, -0.15) is 0 Å². The fourth-order valence-electron chi connectivity index (χ4n) is 7.91. The normalized spacial score (nSPS) is 38.3. The Labute approximate surface area is 200 Å². The van der Waals surface area contributed by atoms with Crippen molar-refractivity contribution in [1.29, 1.82) is 0 Å². The van der Waals surface area contributed by atoms with Crippen LogP contribution in [0.15, 0.2) is 18.3 Å². The number of aromatic nitrogens is 2. The number of aromatic carboxylic acids is 1. The molecule has 0 radical (unpaired) electrons. The Morgan fingerprint density at radius 2 is 1.97 bits per heavy atom. The summed E-state index contributed by atoms with van der Waals surface area (Å²) < 4.78 is 0. The second-order valence-electron chi connectivity index (χ2n) is 11.3. The van der Waals surface area contributed by atoms with Crippen LogP contribution in [0.1, 0.15) is 74.8 Å². The van der Waals surface area contributed by atoms with Crippen molar-refractivity contribution >= 4 is 23.7 Å². The van der Waals surface area contributed by atoms with Crippen LogP contribution >= 0.6 is 0 Å². The van der Waals surface area contributed by atoms with E-state index in [9.17, 15) is 14.4 Å². The zero-order chi connectivity index (χ0) is 24.3. The summed E-state index contributed by atoms with van der Waals surface area (Å²) >= 11 is 0. The Bertz CT molecular complexity index is 1070. The Morgan fingerprint density at radius 1 is 1.18 bits per heavy atom. The van der Waals surface area contributed by atoms with E-state index in [1.807, 2.05) is 0 Å². The molecular formula is C26H34N4O4. The van der Waals surface area contributed by atoms with E-state index in [-0.39, 0.29) is 40.2 Å². The molecule has 7 atom stereocenters. The molecule has 0 saturated heterocycles. The lowest BCUT2D eigenvalue weighted by Gasteiger charge is -2.59. The highest BCUT2D eigenvalue weighted by Gasteiger charge is 2.59. The van der Waals surface area contributed by atoms with Crippen molar-refractivity contribution < 1.29 is 19.5 Å². The highest BCUT2D eigenvalue weighted by atomic mass is 16.4. The first-order chi connectivity index (χ1) is 16.1. The lowest BCUT2D eigenvalue weighted by Crippen LogP contribution is -2.59. The molecule has 5 rings (SSSR count). The highest BCUT2D eigenvalue weighted by molar-refractivity contribution is 5.91. The van der Waals surface area contributed by atoms with E-state index in [1.54, 1.807) is 13.0 Å². The molecule has 0 bridgehead atoms. The van der Waals surface area contributed by atoms with Crippen molar-refractivity contribution in [2.45, 2.75) is 71.8 Å². The number of carbonyl (C=O) groups excluding carboxylic acids is 2. The van der Waals surface area contributed by atoms with Gasteiger partial charge in [-0.25, -0.2) is 14.8 Å². The fraction of sp³-hybridized carbons (Fsp3) is 0.654. The summed E-state index contributed by atoms with van der Waals surface area (Å²) in [6.07, 6.45) is 12.2. The number of nitrogens with zero attached hydrogens (tertiary/aromatic N) is 2. The average Bonchev–Trinajstić information content (AvgIpc) is 3.10. The van der Waals surface area contributed by atoms with Gasteiger partial charge < -0.3 is 10.4 Å². The molecule has 3 aliphatic carbocycles. The number of hydrogen-bond donors (Lipinski definition) is 3. The maximum Gasteiger partial charge on any atom is 0.339 e. The van der Waals surface area contributed by atoms with E-state index in [0.717, 1.165) is 38.5 Å². The summed E-state index contributed by atoms with van der Waals surface area (Å²) in [7, 11) is 0. The molecule has 1 aromatic heterocycles. The van der Waals surface area contributed by atoms with Crippen molar-refractivity contribution in [3.8, 4) is 0 Å². The van der Waals surface area contributed by atoms with E-state index in [0.29, 0.717) is 35.8 Å². The number of aryl methyl sites for hydroxylation is 1. The van der Waals surface area contributed by atoms with Gasteiger partial charge in [0.1, 0.15) is 0 Å². The van der Waals surface area contributed by atoms with Gasteiger partial charge in [0.05, 0.1) is 11.3 Å². The molecule has 1 aliphatic heterocycles. The number of hydrogen-bond acceptors (Lipinski definition) is 5. The third-order valence-corrected chi connectivity index (χ3v) is 9.78. The first-order valence-corrected chi connectivity index (χ1v) is 12.5. The summed E-state index contributed by atoms with van der Waals surface area (Å²) in [6.45, 7) is 6.31. The number of carboxylic acid groups (broad SMARTS) is 1. The minimum Gasteiger partial charge on any atom is -0.478 e. The first kappa shape index (κ1) is 23.0. The quantitative estimate of drug-likeness (QED) is 0.622. The monoisotopic (exact) mass is 466 g/mol. The lowest BCUT2D eigenvalue weighted by atomic mass is 9.48. The lowest BCUT2D eigenvalue weighted by molar-refractivity contribution is -0.123. The van der Waals surface area contributed by atoms with Crippen LogP contribution < -0.4 is 10.6 Å². The Kier molecular flexibility index (Phi) is 5.52. The number of rotatable bonds is 4. The zero-order valence-corrected chi connectivity index (χ0v) is 20.1. The molecule has 4 aliphatic rings. The van der Waals surface area contributed by atoms with Gasteiger partial charge in [-0.3, -0.25) is 14.9 Å². The van der Waals surface area contributed by atoms with Gasteiger partial charge >= 0.3 is 5.97 Å². The maximum atomic E-state index is 12.9. The van der Waals surface area contributed by atoms with Crippen molar-refractivity contribution in [3.05, 3.63) is 29.6 Å². The smallest absolute Gasteiger partial charge is 0.339 e. The SMILES string of the molecule is Cc1nc(NC(=O)C[C@H]2CC[C@H]3[C@@H]4CCC5NC(=O)C=C[C@]5(C)[C@H]4CC[C@]23C)ncc1C(=O)O.